The molecule has 30 heavy (non-hydrogen) atoms. The number of aromatic nitrogens is 3. The van der Waals surface area contributed by atoms with E-state index in [1.54, 1.807) is 23.1 Å². The van der Waals surface area contributed by atoms with Gasteiger partial charge in [0.15, 0.2) is 0 Å². The Morgan fingerprint density at radius 2 is 2.00 bits per heavy atom. The fraction of sp³-hybridized carbons (Fsp3) is 0.182. The number of aryl methyl sites for hydroxylation is 1. The predicted octanol–water partition coefficient (Wildman–Crippen LogP) is 3.02. The van der Waals surface area contributed by atoms with Crippen LogP contribution in [0.2, 0.25) is 0 Å². The van der Waals surface area contributed by atoms with Crippen molar-refractivity contribution in [2.75, 3.05) is 5.32 Å². The van der Waals surface area contributed by atoms with E-state index in [0.717, 1.165) is 16.5 Å². The summed E-state index contributed by atoms with van der Waals surface area (Å²) >= 11 is 0. The van der Waals surface area contributed by atoms with Crippen LogP contribution in [0.5, 0.6) is 5.75 Å². The first-order chi connectivity index (χ1) is 14.5. The van der Waals surface area contributed by atoms with Gasteiger partial charge in [-0.15, -0.1) is 0 Å². The Kier molecular flexibility index (Phi) is 5.30. The summed E-state index contributed by atoms with van der Waals surface area (Å²) in [4.78, 5) is 28.6. The third-order valence-electron chi connectivity index (χ3n) is 4.92. The van der Waals surface area contributed by atoms with Crippen LogP contribution in [0.3, 0.4) is 0 Å². The number of benzene rings is 2. The van der Waals surface area contributed by atoms with Crippen LogP contribution in [0.4, 0.5) is 5.69 Å². The Balaban J connectivity index is 1.40. The molecule has 8 heteroatoms. The lowest BCUT2D eigenvalue weighted by Crippen LogP contribution is -2.16. The topological polar surface area (TPSA) is 110 Å². The fourth-order valence-corrected chi connectivity index (χ4v) is 3.33. The molecule has 1 amide bonds. The smallest absolute Gasteiger partial charge is 0.339 e. The molecule has 8 nitrogen and oxygen atoms in total. The van der Waals surface area contributed by atoms with Gasteiger partial charge in [0.2, 0.25) is 5.91 Å². The average molecular weight is 404 g/mol. The molecule has 0 unspecified atom stereocenters. The molecule has 0 fully saturated rings. The zero-order chi connectivity index (χ0) is 21.1. The van der Waals surface area contributed by atoms with E-state index in [4.69, 9.17) is 4.42 Å². The first kappa shape index (κ1) is 19.4. The maximum atomic E-state index is 12.4. The van der Waals surface area contributed by atoms with Crippen molar-refractivity contribution in [2.24, 2.45) is 0 Å². The van der Waals surface area contributed by atoms with Gasteiger partial charge in [-0.25, -0.2) is 14.5 Å². The lowest BCUT2D eigenvalue weighted by Gasteiger charge is -2.09. The van der Waals surface area contributed by atoms with Crippen molar-refractivity contribution in [3.8, 4) is 5.75 Å². The Morgan fingerprint density at radius 3 is 2.73 bits per heavy atom. The molecule has 152 valence electrons. The summed E-state index contributed by atoms with van der Waals surface area (Å²) in [7, 11) is 0. The number of fused-ring (bicyclic) bond motifs is 1. The summed E-state index contributed by atoms with van der Waals surface area (Å²) in [6.45, 7) is 2.42. The van der Waals surface area contributed by atoms with Gasteiger partial charge in [-0.1, -0.05) is 12.1 Å². The summed E-state index contributed by atoms with van der Waals surface area (Å²) < 4.78 is 7.02. The Bertz CT molecular complexity index is 1240. The predicted molar refractivity (Wildman–Crippen MR) is 111 cm³/mol. The van der Waals surface area contributed by atoms with Crippen molar-refractivity contribution >= 4 is 22.6 Å². The van der Waals surface area contributed by atoms with Crippen LogP contribution in [-0.4, -0.2) is 25.8 Å². The molecule has 0 bridgehead atoms. The number of aromatic hydroxyl groups is 1. The van der Waals surface area contributed by atoms with Crippen molar-refractivity contribution in [1.82, 2.24) is 14.8 Å². The van der Waals surface area contributed by atoms with Crippen LogP contribution in [-0.2, 0) is 17.8 Å². The largest absolute Gasteiger partial charge is 0.508 e. The monoisotopic (exact) mass is 404 g/mol. The Labute approximate surface area is 171 Å². The van der Waals surface area contributed by atoms with Gasteiger partial charge in [-0.2, -0.15) is 5.10 Å². The van der Waals surface area contributed by atoms with E-state index in [9.17, 15) is 14.7 Å². The minimum atomic E-state index is -0.490. The zero-order valence-corrected chi connectivity index (χ0v) is 16.3. The second kappa shape index (κ2) is 8.20. The van der Waals surface area contributed by atoms with Crippen molar-refractivity contribution in [3.63, 3.8) is 0 Å². The van der Waals surface area contributed by atoms with Crippen LogP contribution in [0.1, 0.15) is 23.1 Å². The van der Waals surface area contributed by atoms with Gasteiger partial charge in [0.25, 0.3) is 0 Å². The number of phenolic OH excluding ortho intramolecular Hbond substituents is 1. The molecule has 2 N–H and O–H groups in total. The summed E-state index contributed by atoms with van der Waals surface area (Å²) in [5.41, 5.74) is 2.78. The summed E-state index contributed by atoms with van der Waals surface area (Å²) in [5.74, 6) is -0.159. The number of carbonyl (C=O) groups excluding carboxylic acids is 1. The number of phenols is 1. The number of anilines is 1. The van der Waals surface area contributed by atoms with Crippen molar-refractivity contribution < 1.29 is 14.3 Å². The third-order valence-corrected chi connectivity index (χ3v) is 4.92. The van der Waals surface area contributed by atoms with Crippen molar-refractivity contribution in [3.05, 3.63) is 82.2 Å². The first-order valence-corrected chi connectivity index (χ1v) is 9.46. The van der Waals surface area contributed by atoms with E-state index in [2.05, 4.69) is 15.4 Å². The molecule has 4 rings (SSSR count). The van der Waals surface area contributed by atoms with E-state index < -0.39 is 5.63 Å². The number of hydrogen-bond donors (Lipinski definition) is 2. The molecule has 0 radical (unpaired) electrons. The number of hydrogen-bond acceptors (Lipinski definition) is 6. The lowest BCUT2D eigenvalue weighted by atomic mass is 10.0. The molecule has 0 atom stereocenters. The molecule has 4 aromatic rings. The SMILES string of the molecule is Cc1c(CCC(=O)Nc2ccc(Cn3cncn3)cc2)c(=O)oc2cc(O)ccc12. The lowest BCUT2D eigenvalue weighted by molar-refractivity contribution is -0.116. The van der Waals surface area contributed by atoms with Crippen LogP contribution >= 0.6 is 0 Å². The highest BCUT2D eigenvalue weighted by molar-refractivity contribution is 5.91. The minimum absolute atomic E-state index is 0.0319. The Hall–Kier alpha value is -3.94. The van der Waals surface area contributed by atoms with Crippen molar-refractivity contribution in [1.29, 1.82) is 0 Å². The zero-order valence-electron chi connectivity index (χ0n) is 16.3. The van der Waals surface area contributed by atoms with Gasteiger partial charge in [0, 0.05) is 29.1 Å². The summed E-state index contributed by atoms with van der Waals surface area (Å²) in [5, 5.41) is 17.2. The molecule has 0 aliphatic rings. The van der Waals surface area contributed by atoms with Gasteiger partial charge in [0.1, 0.15) is 24.0 Å². The highest BCUT2D eigenvalue weighted by Gasteiger charge is 2.13. The second-order valence-electron chi connectivity index (χ2n) is 7.01. The first-order valence-electron chi connectivity index (χ1n) is 9.46. The van der Waals surface area contributed by atoms with Crippen molar-refractivity contribution in [2.45, 2.75) is 26.3 Å². The molecule has 0 saturated heterocycles. The van der Waals surface area contributed by atoms with E-state index in [0.29, 0.717) is 23.4 Å². The molecule has 0 aliphatic heterocycles. The maximum absolute atomic E-state index is 12.4. The molecule has 2 aromatic carbocycles. The van der Waals surface area contributed by atoms with E-state index in [1.807, 2.05) is 31.2 Å². The van der Waals surface area contributed by atoms with E-state index >= 15 is 0 Å². The molecule has 2 aromatic heterocycles. The quantitative estimate of drug-likeness (QED) is 0.478. The van der Waals surface area contributed by atoms with E-state index in [1.165, 1.54) is 12.4 Å². The number of carbonyl (C=O) groups is 1. The number of nitrogens with one attached hydrogen (secondary N) is 1. The fourth-order valence-electron chi connectivity index (χ4n) is 3.33. The van der Waals surface area contributed by atoms with Crippen LogP contribution in [0.15, 0.2) is 64.3 Å². The molecule has 0 spiro atoms. The number of amides is 1. The third kappa shape index (κ3) is 4.22. The summed E-state index contributed by atoms with van der Waals surface area (Å²) in [6.07, 6.45) is 3.54. The van der Waals surface area contributed by atoms with Gasteiger partial charge in [-0.3, -0.25) is 4.79 Å². The van der Waals surface area contributed by atoms with Crippen LogP contribution in [0, 0.1) is 6.92 Å². The Morgan fingerprint density at radius 1 is 1.20 bits per heavy atom. The highest BCUT2D eigenvalue weighted by atomic mass is 16.4. The summed E-state index contributed by atoms with van der Waals surface area (Å²) in [6, 6.07) is 12.1. The standard InChI is InChI=1S/C22H20N4O4/c1-14-18-7-6-17(27)10-20(18)30-22(29)19(14)8-9-21(28)25-16-4-2-15(3-5-16)11-26-13-23-12-24-26/h2-7,10,12-13,27H,8-9,11H2,1H3,(H,25,28). The molecule has 0 aliphatic carbocycles. The van der Waals surface area contributed by atoms with Crippen LogP contribution < -0.4 is 10.9 Å². The van der Waals surface area contributed by atoms with Gasteiger partial charge >= 0.3 is 5.63 Å². The molecule has 2 heterocycles. The molecular weight excluding hydrogens is 384 g/mol. The van der Waals surface area contributed by atoms with Gasteiger partial charge < -0.3 is 14.8 Å². The van der Waals surface area contributed by atoms with Gasteiger partial charge in [0.05, 0.1) is 6.54 Å². The second-order valence-corrected chi connectivity index (χ2v) is 7.01. The number of nitrogens with zero attached hydrogens (tertiary/aromatic N) is 3. The number of rotatable bonds is 6. The average Bonchev–Trinajstić information content (AvgIpc) is 3.22. The highest BCUT2D eigenvalue weighted by Crippen LogP contribution is 2.24. The van der Waals surface area contributed by atoms with Gasteiger partial charge in [-0.05, 0) is 48.7 Å². The molecular formula is C22H20N4O4. The maximum Gasteiger partial charge on any atom is 0.339 e. The molecule has 0 saturated carbocycles. The minimum Gasteiger partial charge on any atom is -0.508 e. The normalized spacial score (nSPS) is 11.0. The van der Waals surface area contributed by atoms with E-state index in [-0.39, 0.29) is 24.5 Å². The van der Waals surface area contributed by atoms with Crippen LogP contribution in [0.25, 0.3) is 11.0 Å².